The van der Waals surface area contributed by atoms with Gasteiger partial charge >= 0.3 is 0 Å². The number of benzene rings is 1. The van der Waals surface area contributed by atoms with Crippen molar-refractivity contribution in [1.29, 1.82) is 0 Å². The van der Waals surface area contributed by atoms with Crippen molar-refractivity contribution >= 4 is 35.1 Å². The second kappa shape index (κ2) is 8.70. The number of aromatic nitrogens is 3. The molecule has 2 heterocycles. The van der Waals surface area contributed by atoms with Crippen LogP contribution < -0.4 is 10.6 Å². The van der Waals surface area contributed by atoms with Gasteiger partial charge in [0.15, 0.2) is 5.82 Å². The molecule has 0 aliphatic carbocycles. The number of thioether (sulfide) groups is 1. The van der Waals surface area contributed by atoms with Gasteiger partial charge in [-0.3, -0.25) is 9.59 Å². The van der Waals surface area contributed by atoms with Gasteiger partial charge in [-0.2, -0.15) is 4.98 Å². The molecule has 2 amide bonds. The quantitative estimate of drug-likeness (QED) is 0.619. The highest BCUT2D eigenvalue weighted by atomic mass is 32.2. The standard InChI is InChI=1S/C18H19N5O4S/c1-10-8-15(22-26-10)21-18(25)11(2)28-9-16(24)20-14-7-5-4-6-13(14)17-19-12(3)27-23-17/h4-8,11H,9H2,1-3H3,(H,20,24)(H,21,22,25). The molecule has 2 aromatic heterocycles. The molecule has 1 aromatic carbocycles. The van der Waals surface area contributed by atoms with Crippen molar-refractivity contribution < 1.29 is 18.6 Å². The molecule has 0 aliphatic rings. The van der Waals surface area contributed by atoms with Crippen molar-refractivity contribution in [3.05, 3.63) is 42.0 Å². The number of hydrogen-bond acceptors (Lipinski definition) is 8. The summed E-state index contributed by atoms with van der Waals surface area (Å²) in [7, 11) is 0. The summed E-state index contributed by atoms with van der Waals surface area (Å²) < 4.78 is 9.91. The summed E-state index contributed by atoms with van der Waals surface area (Å²) in [6, 6.07) is 8.80. The van der Waals surface area contributed by atoms with E-state index < -0.39 is 5.25 Å². The number of hydrogen-bond donors (Lipinski definition) is 2. The Labute approximate surface area is 165 Å². The third-order valence-electron chi connectivity index (χ3n) is 3.68. The monoisotopic (exact) mass is 401 g/mol. The highest BCUT2D eigenvalue weighted by molar-refractivity contribution is 8.01. The second-order valence-corrected chi connectivity index (χ2v) is 7.33. The summed E-state index contributed by atoms with van der Waals surface area (Å²) in [6.45, 7) is 5.15. The molecule has 28 heavy (non-hydrogen) atoms. The summed E-state index contributed by atoms with van der Waals surface area (Å²) in [5, 5.41) is 12.6. The molecule has 0 radical (unpaired) electrons. The lowest BCUT2D eigenvalue weighted by molar-refractivity contribution is -0.115. The molecule has 2 N–H and O–H groups in total. The van der Waals surface area contributed by atoms with Crippen molar-refractivity contribution in [2.24, 2.45) is 0 Å². The van der Waals surface area contributed by atoms with Gasteiger partial charge in [-0.1, -0.05) is 22.4 Å². The third kappa shape index (κ3) is 4.97. The maximum atomic E-state index is 12.3. The first kappa shape index (κ1) is 19.6. The van der Waals surface area contributed by atoms with E-state index in [4.69, 9.17) is 9.05 Å². The van der Waals surface area contributed by atoms with Gasteiger partial charge in [0.25, 0.3) is 0 Å². The minimum Gasteiger partial charge on any atom is -0.360 e. The topological polar surface area (TPSA) is 123 Å². The summed E-state index contributed by atoms with van der Waals surface area (Å²) >= 11 is 1.21. The van der Waals surface area contributed by atoms with Gasteiger partial charge in [0.1, 0.15) is 5.76 Å². The minimum absolute atomic E-state index is 0.103. The Bertz CT molecular complexity index is 984. The largest absolute Gasteiger partial charge is 0.360 e. The smallest absolute Gasteiger partial charge is 0.238 e. The van der Waals surface area contributed by atoms with E-state index in [0.29, 0.717) is 34.5 Å². The number of nitrogens with one attached hydrogen (secondary N) is 2. The molecule has 0 aliphatic heterocycles. The Morgan fingerprint density at radius 1 is 1.14 bits per heavy atom. The number of amides is 2. The molecule has 146 valence electrons. The van der Waals surface area contributed by atoms with E-state index in [9.17, 15) is 9.59 Å². The molecule has 10 heteroatoms. The lowest BCUT2D eigenvalue weighted by Gasteiger charge is -2.11. The van der Waals surface area contributed by atoms with Crippen LogP contribution in [0.2, 0.25) is 0 Å². The zero-order chi connectivity index (χ0) is 20.1. The Kier molecular flexibility index (Phi) is 6.09. The van der Waals surface area contributed by atoms with Gasteiger partial charge in [0.05, 0.1) is 16.7 Å². The summed E-state index contributed by atoms with van der Waals surface area (Å²) in [4.78, 5) is 28.7. The first-order valence-electron chi connectivity index (χ1n) is 8.47. The SMILES string of the molecule is Cc1cc(NC(=O)C(C)SCC(=O)Nc2ccccc2-c2noc(C)n2)no1. The molecule has 0 spiro atoms. The lowest BCUT2D eigenvalue weighted by atomic mass is 10.1. The summed E-state index contributed by atoms with van der Waals surface area (Å²) in [6.07, 6.45) is 0. The van der Waals surface area contributed by atoms with E-state index in [0.717, 1.165) is 0 Å². The second-order valence-electron chi connectivity index (χ2n) is 6.00. The summed E-state index contributed by atoms with van der Waals surface area (Å²) in [5.41, 5.74) is 1.23. The fraction of sp³-hybridized carbons (Fsp3) is 0.278. The molecule has 3 aromatic rings. The normalized spacial score (nSPS) is 11.8. The van der Waals surface area contributed by atoms with Crippen LogP contribution in [0, 0.1) is 13.8 Å². The van der Waals surface area contributed by atoms with E-state index in [-0.39, 0.29) is 17.6 Å². The number of para-hydroxylation sites is 1. The average molecular weight is 401 g/mol. The van der Waals surface area contributed by atoms with Crippen molar-refractivity contribution in [2.75, 3.05) is 16.4 Å². The van der Waals surface area contributed by atoms with Crippen LogP contribution in [-0.4, -0.2) is 38.1 Å². The highest BCUT2D eigenvalue weighted by Crippen LogP contribution is 2.25. The number of rotatable bonds is 7. The fourth-order valence-corrected chi connectivity index (χ4v) is 3.00. The van der Waals surface area contributed by atoms with Crippen LogP contribution in [0.15, 0.2) is 39.4 Å². The highest BCUT2D eigenvalue weighted by Gasteiger charge is 2.18. The molecule has 0 bridgehead atoms. The van der Waals surface area contributed by atoms with Crippen LogP contribution in [0.1, 0.15) is 18.6 Å². The third-order valence-corrected chi connectivity index (χ3v) is 4.83. The van der Waals surface area contributed by atoms with Crippen LogP contribution >= 0.6 is 11.8 Å². The summed E-state index contributed by atoms with van der Waals surface area (Å²) in [5.74, 6) is 1.40. The van der Waals surface area contributed by atoms with Gasteiger partial charge in [-0.25, -0.2) is 0 Å². The van der Waals surface area contributed by atoms with E-state index in [1.807, 2.05) is 6.07 Å². The number of aryl methyl sites for hydroxylation is 2. The van der Waals surface area contributed by atoms with Crippen LogP contribution in [0.4, 0.5) is 11.5 Å². The first-order chi connectivity index (χ1) is 13.4. The van der Waals surface area contributed by atoms with E-state index >= 15 is 0 Å². The first-order valence-corrected chi connectivity index (χ1v) is 9.52. The molecular weight excluding hydrogens is 382 g/mol. The average Bonchev–Trinajstić information content (AvgIpc) is 3.28. The van der Waals surface area contributed by atoms with E-state index in [1.54, 1.807) is 45.0 Å². The molecular formula is C18H19N5O4S. The maximum Gasteiger partial charge on any atom is 0.238 e. The molecule has 0 saturated heterocycles. The zero-order valence-corrected chi connectivity index (χ0v) is 16.4. The molecule has 0 fully saturated rings. The molecule has 1 atom stereocenters. The zero-order valence-electron chi connectivity index (χ0n) is 15.6. The van der Waals surface area contributed by atoms with Crippen molar-refractivity contribution in [3.8, 4) is 11.4 Å². The minimum atomic E-state index is -0.446. The Hall–Kier alpha value is -3.14. The van der Waals surface area contributed by atoms with Gasteiger partial charge < -0.3 is 19.7 Å². The predicted octanol–water partition coefficient (Wildman–Crippen LogP) is 3.04. The number of anilines is 2. The van der Waals surface area contributed by atoms with Gasteiger partial charge in [-0.05, 0) is 26.0 Å². The van der Waals surface area contributed by atoms with Crippen molar-refractivity contribution in [1.82, 2.24) is 15.3 Å². The van der Waals surface area contributed by atoms with Crippen LogP contribution in [0.5, 0.6) is 0 Å². The van der Waals surface area contributed by atoms with Gasteiger partial charge in [0.2, 0.25) is 23.5 Å². The molecule has 0 saturated carbocycles. The Morgan fingerprint density at radius 2 is 1.93 bits per heavy atom. The molecule has 1 unspecified atom stereocenters. The number of carbonyl (C=O) groups excluding carboxylic acids is 2. The number of nitrogens with zero attached hydrogens (tertiary/aromatic N) is 3. The Balaban J connectivity index is 1.55. The van der Waals surface area contributed by atoms with E-state index in [1.165, 1.54) is 11.8 Å². The van der Waals surface area contributed by atoms with Gasteiger partial charge in [-0.15, -0.1) is 11.8 Å². The fourth-order valence-electron chi connectivity index (χ4n) is 2.31. The lowest BCUT2D eigenvalue weighted by Crippen LogP contribution is -2.25. The van der Waals surface area contributed by atoms with Gasteiger partial charge in [0, 0.05) is 18.6 Å². The van der Waals surface area contributed by atoms with Crippen molar-refractivity contribution in [3.63, 3.8) is 0 Å². The Morgan fingerprint density at radius 3 is 2.61 bits per heavy atom. The number of carbonyl (C=O) groups is 2. The molecule has 9 nitrogen and oxygen atoms in total. The van der Waals surface area contributed by atoms with Crippen LogP contribution in [0.25, 0.3) is 11.4 Å². The van der Waals surface area contributed by atoms with Crippen LogP contribution in [-0.2, 0) is 9.59 Å². The molecule has 3 rings (SSSR count). The van der Waals surface area contributed by atoms with Crippen LogP contribution in [0.3, 0.4) is 0 Å². The predicted molar refractivity (Wildman–Crippen MR) is 105 cm³/mol. The van der Waals surface area contributed by atoms with Crippen molar-refractivity contribution in [2.45, 2.75) is 26.0 Å². The maximum absolute atomic E-state index is 12.3. The van der Waals surface area contributed by atoms with E-state index in [2.05, 4.69) is 25.9 Å².